The molecule has 1 aliphatic carbocycles. The molecule has 2 aromatic rings. The molecule has 0 radical (unpaired) electrons. The zero-order chi connectivity index (χ0) is 27.8. The predicted octanol–water partition coefficient (Wildman–Crippen LogP) is 4.75. The van der Waals surface area contributed by atoms with E-state index in [0.717, 1.165) is 35.3 Å². The van der Waals surface area contributed by atoms with E-state index in [4.69, 9.17) is 4.74 Å². The average molecular weight is 541 g/mol. The molecular formula is C29H36N2O6S. The Balaban J connectivity index is 1.76. The highest BCUT2D eigenvalue weighted by molar-refractivity contribution is 7.89. The van der Waals surface area contributed by atoms with Gasteiger partial charge in [0.15, 0.2) is 0 Å². The van der Waals surface area contributed by atoms with E-state index >= 15 is 0 Å². The van der Waals surface area contributed by atoms with Crippen molar-refractivity contribution < 1.29 is 27.5 Å². The summed E-state index contributed by atoms with van der Waals surface area (Å²) in [6, 6.07) is 6.52. The van der Waals surface area contributed by atoms with Crippen LogP contribution in [0.2, 0.25) is 0 Å². The van der Waals surface area contributed by atoms with Crippen molar-refractivity contribution in [1.29, 1.82) is 0 Å². The molecule has 0 N–H and O–H groups in total. The topological polar surface area (TPSA) is 101 Å². The van der Waals surface area contributed by atoms with E-state index in [-0.39, 0.29) is 24.0 Å². The number of esters is 1. The summed E-state index contributed by atoms with van der Waals surface area (Å²) in [5.74, 6) is -1.52. The molecule has 204 valence electrons. The molecule has 0 aromatic heterocycles. The maximum atomic E-state index is 14.4. The largest absolute Gasteiger partial charge is 0.462 e. The van der Waals surface area contributed by atoms with Gasteiger partial charge in [0.25, 0.3) is 5.91 Å². The predicted molar refractivity (Wildman–Crippen MR) is 145 cm³/mol. The van der Waals surface area contributed by atoms with Crippen molar-refractivity contribution >= 4 is 33.5 Å². The average Bonchev–Trinajstić information content (AvgIpc) is 3.16. The van der Waals surface area contributed by atoms with Gasteiger partial charge in [0.05, 0.1) is 29.2 Å². The van der Waals surface area contributed by atoms with Gasteiger partial charge in [0.1, 0.15) is 6.04 Å². The Labute approximate surface area is 225 Å². The maximum absolute atomic E-state index is 14.4. The van der Waals surface area contributed by atoms with Crippen LogP contribution in [-0.4, -0.2) is 49.2 Å². The molecular weight excluding hydrogens is 504 g/mol. The number of nitrogens with zero attached hydrogens (tertiary/aromatic N) is 2. The van der Waals surface area contributed by atoms with Crippen LogP contribution in [0.25, 0.3) is 0 Å². The third kappa shape index (κ3) is 5.01. The fraction of sp³-hybridized carbons (Fsp3) is 0.483. The van der Waals surface area contributed by atoms with Gasteiger partial charge in [-0.2, -0.15) is 4.31 Å². The molecule has 0 spiro atoms. The quantitative estimate of drug-likeness (QED) is 0.371. The van der Waals surface area contributed by atoms with E-state index in [0.29, 0.717) is 35.2 Å². The minimum absolute atomic E-state index is 0.225. The standard InChI is InChI=1S/C29H36N2O6S/c1-6-37-29(34)22-12-14-23(15-13-22)30-26(32)17-25(28(30)33)31(24-10-8-7-9-11-24)38(35,36)27-20(4)18(2)16-19(3)21(27)5/h12-16,24-25H,6-11,17H2,1-5H3. The monoisotopic (exact) mass is 540 g/mol. The van der Waals surface area contributed by atoms with E-state index in [1.54, 1.807) is 20.8 Å². The van der Waals surface area contributed by atoms with E-state index in [1.807, 2.05) is 19.9 Å². The number of carbonyl (C=O) groups excluding carboxylic acids is 3. The SMILES string of the molecule is CCOC(=O)c1ccc(N2C(=O)CC(N(C3CCCCC3)S(=O)(=O)c3c(C)c(C)cc(C)c3C)C2=O)cc1. The van der Waals surface area contributed by atoms with E-state index < -0.39 is 33.8 Å². The highest BCUT2D eigenvalue weighted by atomic mass is 32.2. The van der Waals surface area contributed by atoms with Crippen LogP contribution in [0.1, 0.15) is 78.1 Å². The Morgan fingerprint density at radius 2 is 1.55 bits per heavy atom. The van der Waals surface area contributed by atoms with Gasteiger partial charge < -0.3 is 4.74 Å². The van der Waals surface area contributed by atoms with Crippen LogP contribution in [0.3, 0.4) is 0 Å². The van der Waals surface area contributed by atoms with Crippen molar-refractivity contribution in [1.82, 2.24) is 4.31 Å². The van der Waals surface area contributed by atoms with Crippen LogP contribution < -0.4 is 4.90 Å². The van der Waals surface area contributed by atoms with Gasteiger partial charge in [0.2, 0.25) is 15.9 Å². The summed E-state index contributed by atoms with van der Waals surface area (Å²) < 4.78 is 35.2. The molecule has 1 unspecified atom stereocenters. The van der Waals surface area contributed by atoms with Gasteiger partial charge in [0, 0.05) is 6.04 Å². The van der Waals surface area contributed by atoms with Crippen molar-refractivity contribution in [2.45, 2.75) is 90.1 Å². The Hall–Kier alpha value is -3.04. The molecule has 8 nitrogen and oxygen atoms in total. The molecule has 2 amide bonds. The second-order valence-electron chi connectivity index (χ2n) is 10.3. The number of carbonyl (C=O) groups is 3. The number of ether oxygens (including phenoxy) is 1. The minimum Gasteiger partial charge on any atom is -0.462 e. The summed E-state index contributed by atoms with van der Waals surface area (Å²) in [7, 11) is -4.10. The van der Waals surface area contributed by atoms with Crippen LogP contribution >= 0.6 is 0 Å². The molecule has 9 heteroatoms. The first-order valence-electron chi connectivity index (χ1n) is 13.2. The second kappa shape index (κ2) is 11.0. The molecule has 38 heavy (non-hydrogen) atoms. The molecule has 2 aliphatic rings. The number of hydrogen-bond donors (Lipinski definition) is 0. The third-order valence-corrected chi connectivity index (χ3v) is 10.1. The molecule has 1 saturated carbocycles. The van der Waals surface area contributed by atoms with E-state index in [1.165, 1.54) is 28.6 Å². The summed E-state index contributed by atoms with van der Waals surface area (Å²) in [5, 5.41) is 0. The number of anilines is 1. The molecule has 1 aliphatic heterocycles. The lowest BCUT2D eigenvalue weighted by atomic mass is 9.94. The number of hydrogen-bond acceptors (Lipinski definition) is 6. The molecule has 1 saturated heterocycles. The first-order valence-corrected chi connectivity index (χ1v) is 14.7. The fourth-order valence-electron chi connectivity index (χ4n) is 5.67. The summed E-state index contributed by atoms with van der Waals surface area (Å²) in [4.78, 5) is 40.3. The maximum Gasteiger partial charge on any atom is 0.338 e. The molecule has 1 atom stereocenters. The number of imide groups is 1. The smallest absolute Gasteiger partial charge is 0.338 e. The molecule has 2 aromatic carbocycles. The van der Waals surface area contributed by atoms with Gasteiger partial charge in [-0.3, -0.25) is 9.59 Å². The Kier molecular flexibility index (Phi) is 8.09. The molecule has 4 rings (SSSR count). The third-order valence-electron chi connectivity index (χ3n) is 7.83. The second-order valence-corrected chi connectivity index (χ2v) is 12.1. The summed E-state index contributed by atoms with van der Waals surface area (Å²) in [5.41, 5.74) is 3.67. The zero-order valence-corrected chi connectivity index (χ0v) is 23.6. The molecule has 2 fully saturated rings. The summed E-state index contributed by atoms with van der Waals surface area (Å²) in [6.45, 7) is 9.31. The Morgan fingerprint density at radius 3 is 2.11 bits per heavy atom. The lowest BCUT2D eigenvalue weighted by molar-refractivity contribution is -0.122. The first-order chi connectivity index (χ1) is 18.0. The number of amides is 2. The fourth-order valence-corrected chi connectivity index (χ4v) is 8.08. The molecule has 0 bridgehead atoms. The summed E-state index contributed by atoms with van der Waals surface area (Å²) >= 11 is 0. The first kappa shape index (κ1) is 28.0. The normalized spacial score (nSPS) is 18.9. The van der Waals surface area contributed by atoms with Crippen LogP contribution in [-0.2, 0) is 24.3 Å². The van der Waals surface area contributed by atoms with Crippen LogP contribution in [0.15, 0.2) is 35.2 Å². The van der Waals surface area contributed by atoms with Gasteiger partial charge in [-0.25, -0.2) is 18.1 Å². The Morgan fingerprint density at radius 1 is 0.974 bits per heavy atom. The Bertz CT molecular complexity index is 1330. The molecule has 1 heterocycles. The van der Waals surface area contributed by atoms with Gasteiger partial charge >= 0.3 is 5.97 Å². The van der Waals surface area contributed by atoms with Gasteiger partial charge in [-0.15, -0.1) is 0 Å². The van der Waals surface area contributed by atoms with Crippen LogP contribution in [0.4, 0.5) is 5.69 Å². The van der Waals surface area contributed by atoms with Crippen LogP contribution in [0.5, 0.6) is 0 Å². The zero-order valence-electron chi connectivity index (χ0n) is 22.7. The van der Waals surface area contributed by atoms with Crippen molar-refractivity contribution in [2.24, 2.45) is 0 Å². The van der Waals surface area contributed by atoms with Crippen molar-refractivity contribution in [3.63, 3.8) is 0 Å². The van der Waals surface area contributed by atoms with Crippen LogP contribution in [0, 0.1) is 27.7 Å². The number of sulfonamides is 1. The van der Waals surface area contributed by atoms with Crippen molar-refractivity contribution in [2.75, 3.05) is 11.5 Å². The highest BCUT2D eigenvalue weighted by Crippen LogP contribution is 2.38. The van der Waals surface area contributed by atoms with Crippen molar-refractivity contribution in [3.05, 3.63) is 58.1 Å². The summed E-state index contributed by atoms with van der Waals surface area (Å²) in [6.07, 6.45) is 3.83. The van der Waals surface area contributed by atoms with Gasteiger partial charge in [-0.05, 0) is 94.0 Å². The number of benzene rings is 2. The van der Waals surface area contributed by atoms with E-state index in [9.17, 15) is 22.8 Å². The van der Waals surface area contributed by atoms with Crippen molar-refractivity contribution in [3.8, 4) is 0 Å². The lowest BCUT2D eigenvalue weighted by Gasteiger charge is -2.37. The van der Waals surface area contributed by atoms with E-state index in [2.05, 4.69) is 0 Å². The highest BCUT2D eigenvalue weighted by Gasteiger charge is 2.50. The minimum atomic E-state index is -4.10. The number of rotatable bonds is 7. The number of aryl methyl sites for hydroxylation is 2. The lowest BCUT2D eigenvalue weighted by Crippen LogP contribution is -2.51. The van der Waals surface area contributed by atoms with Gasteiger partial charge in [-0.1, -0.05) is 25.3 Å².